The quantitative estimate of drug-likeness (QED) is 0.530. The second-order valence-electron chi connectivity index (χ2n) is 5.18. The van der Waals surface area contributed by atoms with Crippen LogP contribution in [-0.4, -0.2) is 33.9 Å². The Hall–Kier alpha value is -2.72. The van der Waals surface area contributed by atoms with Crippen LogP contribution in [0.5, 0.6) is 5.75 Å². The van der Waals surface area contributed by atoms with Crippen LogP contribution in [0.4, 0.5) is 0 Å². The fourth-order valence-corrected chi connectivity index (χ4v) is 2.97. The number of pyridine rings is 2. The third-order valence-electron chi connectivity index (χ3n) is 3.14. The Labute approximate surface area is 150 Å². The van der Waals surface area contributed by atoms with Gasteiger partial charge in [-0.15, -0.1) is 0 Å². The largest absolute Gasteiger partial charge is 0.492 e. The van der Waals surface area contributed by atoms with Gasteiger partial charge in [0.2, 0.25) is 0 Å². The van der Waals surface area contributed by atoms with Gasteiger partial charge < -0.3 is 4.74 Å². The van der Waals surface area contributed by atoms with E-state index in [1.54, 1.807) is 24.5 Å². The number of Topliss-reactive ketones (excluding diaryl/α,β-unsaturated/α-hetero) is 2. The van der Waals surface area contributed by atoms with Gasteiger partial charge in [0.1, 0.15) is 34.0 Å². The van der Waals surface area contributed by atoms with Gasteiger partial charge in [-0.25, -0.2) is 4.98 Å². The predicted octanol–water partition coefficient (Wildman–Crippen LogP) is 3.05. The smallest absolute Gasteiger partial charge is 0.150 e. The van der Waals surface area contributed by atoms with Crippen LogP contribution in [0.25, 0.3) is 11.3 Å². The van der Waals surface area contributed by atoms with Crippen LogP contribution in [-0.2, 0) is 9.59 Å². The van der Waals surface area contributed by atoms with Crippen molar-refractivity contribution in [2.24, 2.45) is 0 Å². The molecular formula is C18H17N3O3S. The second kappa shape index (κ2) is 8.94. The summed E-state index contributed by atoms with van der Waals surface area (Å²) in [5, 5.41) is 9.87. The molecule has 128 valence electrons. The van der Waals surface area contributed by atoms with Crippen LogP contribution >= 0.6 is 11.8 Å². The zero-order valence-electron chi connectivity index (χ0n) is 14.0. The van der Waals surface area contributed by atoms with Crippen molar-refractivity contribution in [1.29, 1.82) is 5.26 Å². The van der Waals surface area contributed by atoms with Gasteiger partial charge in [-0.2, -0.15) is 5.26 Å². The molecule has 0 aliphatic rings. The molecule has 0 radical (unpaired) electrons. The maximum Gasteiger partial charge on any atom is 0.150 e. The standard InChI is InChI=1S/C18H17N3O3S/c1-3-24-17-8-16(13-5-4-6-20-10-13)21-18(15(17)9-19)25-11-14(23)7-12(2)22/h4-6,8,10H,3,7,11H2,1-2H3. The summed E-state index contributed by atoms with van der Waals surface area (Å²) in [6.45, 7) is 3.60. The minimum Gasteiger partial charge on any atom is -0.492 e. The summed E-state index contributed by atoms with van der Waals surface area (Å²) in [6, 6.07) is 7.43. The molecule has 0 aromatic carbocycles. The number of ketones is 2. The lowest BCUT2D eigenvalue weighted by Crippen LogP contribution is -2.07. The lowest BCUT2D eigenvalue weighted by Gasteiger charge is -2.12. The van der Waals surface area contributed by atoms with Gasteiger partial charge in [0.05, 0.1) is 24.5 Å². The lowest BCUT2D eigenvalue weighted by molar-refractivity contribution is -0.124. The second-order valence-corrected chi connectivity index (χ2v) is 6.14. The Morgan fingerprint density at radius 2 is 2.20 bits per heavy atom. The number of carbonyl (C=O) groups excluding carboxylic acids is 2. The first-order valence-electron chi connectivity index (χ1n) is 7.67. The highest BCUT2D eigenvalue weighted by Crippen LogP contribution is 2.32. The molecule has 0 amide bonds. The van der Waals surface area contributed by atoms with Crippen molar-refractivity contribution in [1.82, 2.24) is 9.97 Å². The monoisotopic (exact) mass is 355 g/mol. The number of thioether (sulfide) groups is 1. The fraction of sp³-hybridized carbons (Fsp3) is 0.278. The van der Waals surface area contributed by atoms with Crippen molar-refractivity contribution in [3.63, 3.8) is 0 Å². The Balaban J connectivity index is 2.38. The lowest BCUT2D eigenvalue weighted by atomic mass is 10.1. The van der Waals surface area contributed by atoms with E-state index >= 15 is 0 Å². The highest BCUT2D eigenvalue weighted by atomic mass is 32.2. The minimum atomic E-state index is -0.201. The minimum absolute atomic E-state index is 0.0727. The number of hydrogen-bond donors (Lipinski definition) is 0. The van der Waals surface area contributed by atoms with Crippen molar-refractivity contribution in [3.8, 4) is 23.1 Å². The summed E-state index contributed by atoms with van der Waals surface area (Å²) in [5.74, 6) is 0.107. The summed E-state index contributed by atoms with van der Waals surface area (Å²) in [4.78, 5) is 31.4. The number of carbonyl (C=O) groups is 2. The number of nitrogens with zero attached hydrogens (tertiary/aromatic N) is 3. The molecule has 0 spiro atoms. The summed E-state index contributed by atoms with van der Waals surface area (Å²) in [5.41, 5.74) is 1.68. The van der Waals surface area contributed by atoms with E-state index in [2.05, 4.69) is 16.0 Å². The zero-order valence-corrected chi connectivity index (χ0v) is 14.8. The maximum absolute atomic E-state index is 11.8. The molecule has 0 fully saturated rings. The molecule has 0 bridgehead atoms. The van der Waals surface area contributed by atoms with E-state index < -0.39 is 0 Å². The van der Waals surface area contributed by atoms with Crippen LogP contribution in [0, 0.1) is 11.3 Å². The topological polar surface area (TPSA) is 92.9 Å². The van der Waals surface area contributed by atoms with Gasteiger partial charge in [-0.1, -0.05) is 11.8 Å². The van der Waals surface area contributed by atoms with E-state index in [0.717, 1.165) is 17.3 Å². The van der Waals surface area contributed by atoms with Crippen molar-refractivity contribution < 1.29 is 14.3 Å². The van der Waals surface area contributed by atoms with Gasteiger partial charge >= 0.3 is 0 Å². The molecule has 25 heavy (non-hydrogen) atoms. The number of rotatable bonds is 8. The van der Waals surface area contributed by atoms with Gasteiger partial charge in [0.25, 0.3) is 0 Å². The summed E-state index contributed by atoms with van der Waals surface area (Å²) in [7, 11) is 0. The molecule has 0 aliphatic heterocycles. The molecule has 6 nitrogen and oxygen atoms in total. The van der Waals surface area contributed by atoms with Crippen LogP contribution < -0.4 is 4.74 Å². The molecular weight excluding hydrogens is 338 g/mol. The Morgan fingerprint density at radius 1 is 1.40 bits per heavy atom. The van der Waals surface area contributed by atoms with E-state index in [1.165, 1.54) is 6.92 Å². The molecule has 0 atom stereocenters. The number of ether oxygens (including phenoxy) is 1. The molecule has 0 aliphatic carbocycles. The summed E-state index contributed by atoms with van der Waals surface area (Å²) in [6.07, 6.45) is 3.21. The molecule has 2 aromatic rings. The third kappa shape index (κ3) is 5.13. The predicted molar refractivity (Wildman–Crippen MR) is 94.4 cm³/mol. The normalized spacial score (nSPS) is 10.1. The van der Waals surface area contributed by atoms with E-state index in [9.17, 15) is 14.9 Å². The first kappa shape index (κ1) is 18.6. The first-order valence-corrected chi connectivity index (χ1v) is 8.66. The zero-order chi connectivity index (χ0) is 18.2. The number of hydrogen-bond acceptors (Lipinski definition) is 7. The molecule has 2 aromatic heterocycles. The first-order chi connectivity index (χ1) is 12.0. The van der Waals surface area contributed by atoms with Crippen LogP contribution in [0.3, 0.4) is 0 Å². The molecule has 0 saturated heterocycles. The molecule has 2 heterocycles. The third-order valence-corrected chi connectivity index (χ3v) is 4.17. The highest BCUT2D eigenvalue weighted by Gasteiger charge is 2.17. The van der Waals surface area contributed by atoms with E-state index in [4.69, 9.17) is 4.74 Å². The van der Waals surface area contributed by atoms with Crippen molar-refractivity contribution in [2.45, 2.75) is 25.3 Å². The van der Waals surface area contributed by atoms with Gasteiger partial charge in [-0.3, -0.25) is 14.6 Å². The molecule has 2 rings (SSSR count). The summed E-state index contributed by atoms with van der Waals surface area (Å²) >= 11 is 1.13. The van der Waals surface area contributed by atoms with Gasteiger partial charge in [-0.05, 0) is 26.0 Å². The molecule has 0 N–H and O–H groups in total. The fourth-order valence-electron chi connectivity index (χ4n) is 2.12. The van der Waals surface area contributed by atoms with Crippen molar-refractivity contribution >= 4 is 23.3 Å². The Bertz CT molecular complexity index is 816. The number of aromatic nitrogens is 2. The van der Waals surface area contributed by atoms with E-state index in [0.29, 0.717) is 23.1 Å². The average molecular weight is 355 g/mol. The molecule has 7 heteroatoms. The van der Waals surface area contributed by atoms with Gasteiger partial charge in [0, 0.05) is 24.0 Å². The Kier molecular flexibility index (Phi) is 6.66. The summed E-state index contributed by atoms with van der Waals surface area (Å²) < 4.78 is 5.57. The molecule has 0 unspecified atom stereocenters. The maximum atomic E-state index is 11.8. The highest BCUT2D eigenvalue weighted by molar-refractivity contribution is 8.00. The molecule has 0 saturated carbocycles. The van der Waals surface area contributed by atoms with Crippen molar-refractivity contribution in [2.75, 3.05) is 12.4 Å². The van der Waals surface area contributed by atoms with E-state index in [1.807, 2.05) is 13.0 Å². The van der Waals surface area contributed by atoms with E-state index in [-0.39, 0.29) is 29.3 Å². The van der Waals surface area contributed by atoms with Crippen LogP contribution in [0.2, 0.25) is 0 Å². The SMILES string of the molecule is CCOc1cc(-c2cccnc2)nc(SCC(=O)CC(C)=O)c1C#N. The Morgan fingerprint density at radius 3 is 2.80 bits per heavy atom. The van der Waals surface area contributed by atoms with Crippen LogP contribution in [0.15, 0.2) is 35.6 Å². The van der Waals surface area contributed by atoms with Gasteiger partial charge in [0.15, 0.2) is 0 Å². The van der Waals surface area contributed by atoms with Crippen LogP contribution in [0.1, 0.15) is 25.8 Å². The van der Waals surface area contributed by atoms with Crippen molar-refractivity contribution in [3.05, 3.63) is 36.2 Å². The number of nitriles is 1. The average Bonchev–Trinajstić information content (AvgIpc) is 2.60.